The molecule has 2 heterocycles. The van der Waals surface area contributed by atoms with Gasteiger partial charge < -0.3 is 5.32 Å². The van der Waals surface area contributed by atoms with Gasteiger partial charge >= 0.3 is 0 Å². The summed E-state index contributed by atoms with van der Waals surface area (Å²) in [6, 6.07) is 12.5. The average Bonchev–Trinajstić information content (AvgIpc) is 2.98. The minimum atomic E-state index is -0.362. The molecular formula is C17H16N4O2S. The lowest BCUT2D eigenvalue weighted by Crippen LogP contribution is -2.22. The van der Waals surface area contributed by atoms with Gasteiger partial charge in [0.25, 0.3) is 0 Å². The van der Waals surface area contributed by atoms with Crippen LogP contribution in [0.1, 0.15) is 24.2 Å². The van der Waals surface area contributed by atoms with Crippen LogP contribution in [-0.4, -0.2) is 31.5 Å². The van der Waals surface area contributed by atoms with E-state index in [0.717, 1.165) is 5.65 Å². The van der Waals surface area contributed by atoms with E-state index in [9.17, 15) is 9.59 Å². The average molecular weight is 340 g/mol. The van der Waals surface area contributed by atoms with E-state index in [-0.39, 0.29) is 16.9 Å². The molecule has 2 aromatic heterocycles. The zero-order valence-electron chi connectivity index (χ0n) is 13.3. The summed E-state index contributed by atoms with van der Waals surface area (Å²) in [5.41, 5.74) is 1.91. The van der Waals surface area contributed by atoms with Crippen molar-refractivity contribution in [3.63, 3.8) is 0 Å². The maximum absolute atomic E-state index is 12.4. The number of carbonyl (C=O) groups excluding carboxylic acids is 2. The summed E-state index contributed by atoms with van der Waals surface area (Å²) in [7, 11) is 0. The molecular weight excluding hydrogens is 324 g/mol. The topological polar surface area (TPSA) is 76.4 Å². The lowest BCUT2D eigenvalue weighted by Gasteiger charge is -2.11. The van der Waals surface area contributed by atoms with Gasteiger partial charge in [0, 0.05) is 17.4 Å². The van der Waals surface area contributed by atoms with E-state index in [1.165, 1.54) is 18.7 Å². The predicted molar refractivity (Wildman–Crippen MR) is 93.4 cm³/mol. The van der Waals surface area contributed by atoms with Crippen molar-refractivity contribution >= 4 is 34.8 Å². The Morgan fingerprint density at radius 3 is 2.79 bits per heavy atom. The molecule has 0 aliphatic heterocycles. The third-order valence-corrected chi connectivity index (χ3v) is 4.53. The molecule has 0 fully saturated rings. The third kappa shape index (κ3) is 3.46. The fourth-order valence-electron chi connectivity index (χ4n) is 2.17. The van der Waals surface area contributed by atoms with Gasteiger partial charge in [0.05, 0.1) is 5.25 Å². The van der Waals surface area contributed by atoms with Crippen LogP contribution in [0, 0.1) is 0 Å². The molecule has 1 atom stereocenters. The SMILES string of the molecule is CC(=O)c1cccc(NC(=O)[C@@H](C)Sc2nnc3ccccn23)c1. The van der Waals surface area contributed by atoms with Crippen LogP contribution >= 0.6 is 11.8 Å². The summed E-state index contributed by atoms with van der Waals surface area (Å²) in [6.45, 7) is 3.30. The van der Waals surface area contributed by atoms with E-state index in [1.54, 1.807) is 31.2 Å². The van der Waals surface area contributed by atoms with Gasteiger partial charge in [0.1, 0.15) is 0 Å². The first-order valence-electron chi connectivity index (χ1n) is 7.43. The zero-order valence-corrected chi connectivity index (χ0v) is 14.1. The molecule has 1 aromatic carbocycles. The van der Waals surface area contributed by atoms with Crippen LogP contribution in [-0.2, 0) is 4.79 Å². The van der Waals surface area contributed by atoms with Gasteiger partial charge in [0.15, 0.2) is 16.6 Å². The molecule has 0 bridgehead atoms. The molecule has 0 aliphatic rings. The highest BCUT2D eigenvalue weighted by Crippen LogP contribution is 2.23. The molecule has 0 spiro atoms. The van der Waals surface area contributed by atoms with Crippen LogP contribution in [0.15, 0.2) is 53.8 Å². The molecule has 122 valence electrons. The van der Waals surface area contributed by atoms with Crippen LogP contribution < -0.4 is 5.32 Å². The summed E-state index contributed by atoms with van der Waals surface area (Å²) >= 11 is 1.33. The zero-order chi connectivity index (χ0) is 17.1. The number of rotatable bonds is 5. The first-order valence-corrected chi connectivity index (χ1v) is 8.31. The van der Waals surface area contributed by atoms with Gasteiger partial charge in [-0.25, -0.2) is 0 Å². The predicted octanol–water partition coefficient (Wildman–Crippen LogP) is 3.05. The highest BCUT2D eigenvalue weighted by atomic mass is 32.2. The lowest BCUT2D eigenvalue weighted by molar-refractivity contribution is -0.115. The van der Waals surface area contributed by atoms with Gasteiger partial charge in [-0.1, -0.05) is 30.0 Å². The Hall–Kier alpha value is -2.67. The molecule has 1 N–H and O–H groups in total. The second-order valence-corrected chi connectivity index (χ2v) is 6.61. The van der Waals surface area contributed by atoms with E-state index in [1.807, 2.05) is 28.8 Å². The summed E-state index contributed by atoms with van der Waals surface area (Å²) in [6.07, 6.45) is 1.86. The largest absolute Gasteiger partial charge is 0.325 e. The molecule has 1 amide bonds. The summed E-state index contributed by atoms with van der Waals surface area (Å²) in [5.74, 6) is -0.197. The Balaban J connectivity index is 1.71. The number of aromatic nitrogens is 3. The van der Waals surface area contributed by atoms with Gasteiger partial charge in [-0.15, -0.1) is 10.2 Å². The number of pyridine rings is 1. The monoisotopic (exact) mass is 340 g/mol. The van der Waals surface area contributed by atoms with E-state index < -0.39 is 0 Å². The number of ketones is 1. The summed E-state index contributed by atoms with van der Waals surface area (Å²) in [5, 5.41) is 11.3. The normalized spacial score (nSPS) is 12.1. The maximum Gasteiger partial charge on any atom is 0.237 e. The molecule has 24 heavy (non-hydrogen) atoms. The van der Waals surface area contributed by atoms with Crippen LogP contribution in [0.3, 0.4) is 0 Å². The fourth-order valence-corrected chi connectivity index (χ4v) is 3.01. The Morgan fingerprint density at radius 1 is 1.17 bits per heavy atom. The van der Waals surface area contributed by atoms with Crippen LogP contribution in [0.5, 0.6) is 0 Å². The minimum absolute atomic E-state index is 0.0385. The van der Waals surface area contributed by atoms with Crippen molar-refractivity contribution in [2.24, 2.45) is 0 Å². The minimum Gasteiger partial charge on any atom is -0.325 e. The molecule has 0 saturated carbocycles. The van der Waals surface area contributed by atoms with Crippen molar-refractivity contribution in [3.8, 4) is 0 Å². The van der Waals surface area contributed by atoms with Gasteiger partial charge in [-0.3, -0.25) is 14.0 Å². The molecule has 3 aromatic rings. The molecule has 0 radical (unpaired) electrons. The number of nitrogens with one attached hydrogen (secondary N) is 1. The number of nitrogens with zero attached hydrogens (tertiary/aromatic N) is 3. The Morgan fingerprint density at radius 2 is 2.00 bits per heavy atom. The van der Waals surface area contributed by atoms with Crippen molar-refractivity contribution in [1.29, 1.82) is 0 Å². The lowest BCUT2D eigenvalue weighted by atomic mass is 10.1. The quantitative estimate of drug-likeness (QED) is 0.571. The second kappa shape index (κ2) is 6.84. The Labute approximate surface area is 143 Å². The van der Waals surface area contributed by atoms with Crippen LogP contribution in [0.25, 0.3) is 5.65 Å². The number of carbonyl (C=O) groups is 2. The number of thioether (sulfide) groups is 1. The molecule has 3 rings (SSSR count). The molecule has 0 aliphatic carbocycles. The number of fused-ring (bicyclic) bond motifs is 1. The standard InChI is InChI=1S/C17H16N4O2S/c1-11(22)13-6-5-7-14(10-13)18-16(23)12(2)24-17-20-19-15-8-3-4-9-21(15)17/h3-10,12H,1-2H3,(H,18,23)/t12-/m1/s1. The third-order valence-electron chi connectivity index (χ3n) is 3.47. The molecule has 0 unspecified atom stereocenters. The Kier molecular flexibility index (Phi) is 4.61. The van der Waals surface area contributed by atoms with E-state index >= 15 is 0 Å². The fraction of sp³-hybridized carbons (Fsp3) is 0.176. The van der Waals surface area contributed by atoms with Crippen molar-refractivity contribution in [3.05, 3.63) is 54.2 Å². The molecule has 0 saturated heterocycles. The maximum atomic E-state index is 12.4. The highest BCUT2D eigenvalue weighted by Gasteiger charge is 2.18. The van der Waals surface area contributed by atoms with Crippen LogP contribution in [0.4, 0.5) is 5.69 Å². The van der Waals surface area contributed by atoms with Gasteiger partial charge in [-0.2, -0.15) is 0 Å². The van der Waals surface area contributed by atoms with Crippen LogP contribution in [0.2, 0.25) is 0 Å². The van der Waals surface area contributed by atoms with Crippen molar-refractivity contribution in [1.82, 2.24) is 14.6 Å². The van der Waals surface area contributed by atoms with Gasteiger partial charge in [-0.05, 0) is 38.1 Å². The van der Waals surface area contributed by atoms with Gasteiger partial charge in [0.2, 0.25) is 5.91 Å². The first kappa shape index (κ1) is 16.2. The number of hydrogen-bond donors (Lipinski definition) is 1. The highest BCUT2D eigenvalue weighted by molar-refractivity contribution is 8.00. The number of hydrogen-bond acceptors (Lipinski definition) is 5. The number of Topliss-reactive ketones (excluding diaryl/α,β-unsaturated/α-hetero) is 1. The molecule has 7 heteroatoms. The second-order valence-electron chi connectivity index (χ2n) is 5.30. The van der Waals surface area contributed by atoms with Crippen molar-refractivity contribution in [2.75, 3.05) is 5.32 Å². The number of anilines is 1. The number of benzene rings is 1. The van der Waals surface area contributed by atoms with Crippen molar-refractivity contribution in [2.45, 2.75) is 24.3 Å². The van der Waals surface area contributed by atoms with E-state index in [4.69, 9.17) is 0 Å². The number of amides is 1. The Bertz CT molecular complexity index is 906. The molecule has 6 nitrogen and oxygen atoms in total. The van der Waals surface area contributed by atoms with E-state index in [0.29, 0.717) is 16.4 Å². The summed E-state index contributed by atoms with van der Waals surface area (Å²) in [4.78, 5) is 23.8. The van der Waals surface area contributed by atoms with E-state index in [2.05, 4.69) is 15.5 Å². The smallest absolute Gasteiger partial charge is 0.237 e. The first-order chi connectivity index (χ1) is 11.5. The van der Waals surface area contributed by atoms with Crippen molar-refractivity contribution < 1.29 is 9.59 Å². The summed E-state index contributed by atoms with van der Waals surface area (Å²) < 4.78 is 1.84.